The molecule has 1 N–H and O–H groups in total. The number of nitrogens with one attached hydrogen (secondary N) is 1. The summed E-state index contributed by atoms with van der Waals surface area (Å²) in [4.78, 5) is 0. The Morgan fingerprint density at radius 3 is 2.18 bits per heavy atom. The molecule has 17 heavy (non-hydrogen) atoms. The summed E-state index contributed by atoms with van der Waals surface area (Å²) in [7, 11) is 1.99. The number of hydrogen-bond acceptors (Lipinski definition) is 1. The maximum Gasteiger partial charge on any atom is 0.0453 e. The Balaban J connectivity index is 2.96. The van der Waals surface area contributed by atoms with Gasteiger partial charge in [-0.3, -0.25) is 0 Å². The van der Waals surface area contributed by atoms with Gasteiger partial charge in [-0.25, -0.2) is 0 Å². The predicted octanol–water partition coefficient (Wildman–Crippen LogP) is 4.56. The van der Waals surface area contributed by atoms with Crippen molar-refractivity contribution in [1.82, 2.24) is 5.32 Å². The normalized spacial score (nSPS) is 13.8. The molecule has 0 aliphatic rings. The molecule has 96 valence electrons. The Labute approximate surface area is 115 Å². The lowest BCUT2D eigenvalue weighted by atomic mass is 9.79. The largest absolute Gasteiger partial charge is 0.316 e. The molecule has 0 saturated heterocycles. The van der Waals surface area contributed by atoms with E-state index in [1.54, 1.807) is 0 Å². The van der Waals surface area contributed by atoms with Crippen LogP contribution in [0.15, 0.2) is 18.2 Å². The van der Waals surface area contributed by atoms with Gasteiger partial charge in [-0.15, -0.1) is 0 Å². The third-order valence-electron chi connectivity index (χ3n) is 3.67. The molecule has 0 heterocycles. The van der Waals surface area contributed by atoms with E-state index in [2.05, 4.69) is 26.1 Å². The Hall–Kier alpha value is -0.240. The second-order valence-corrected chi connectivity index (χ2v) is 5.90. The van der Waals surface area contributed by atoms with E-state index in [1.807, 2.05) is 25.2 Å². The number of likely N-dealkylation sites (N-methyl/N-ethyl adjacent to an activating group) is 1. The Bertz CT molecular complexity index is 354. The fraction of sp³-hybridized carbons (Fsp3) is 0.571. The van der Waals surface area contributed by atoms with Crippen LogP contribution in [0.5, 0.6) is 0 Å². The molecule has 1 aromatic rings. The smallest absolute Gasteiger partial charge is 0.0453 e. The minimum atomic E-state index is 0.219. The van der Waals surface area contributed by atoms with Crippen LogP contribution in [0.1, 0.15) is 32.8 Å². The van der Waals surface area contributed by atoms with E-state index in [1.165, 1.54) is 0 Å². The van der Waals surface area contributed by atoms with Crippen LogP contribution < -0.4 is 5.32 Å². The quantitative estimate of drug-likeness (QED) is 0.830. The average molecular weight is 274 g/mol. The highest BCUT2D eigenvalue weighted by Gasteiger charge is 2.27. The standard InChI is InChI=1S/C14H21Cl2N/c1-5-14(2,3)13(17-4)9-10-11(15)7-6-8-12(10)16/h6-8,13,17H,5,9H2,1-4H3. The van der Waals surface area contributed by atoms with Crippen molar-refractivity contribution in [1.29, 1.82) is 0 Å². The summed E-state index contributed by atoms with van der Waals surface area (Å²) in [6, 6.07) is 6.04. The summed E-state index contributed by atoms with van der Waals surface area (Å²) in [5.74, 6) is 0. The molecule has 1 unspecified atom stereocenters. The van der Waals surface area contributed by atoms with Crippen molar-refractivity contribution in [3.8, 4) is 0 Å². The summed E-state index contributed by atoms with van der Waals surface area (Å²) in [6.45, 7) is 6.73. The molecule has 1 nitrogen and oxygen atoms in total. The first kappa shape index (κ1) is 14.8. The van der Waals surface area contributed by atoms with Gasteiger partial charge in [0.25, 0.3) is 0 Å². The van der Waals surface area contributed by atoms with Crippen molar-refractivity contribution in [2.24, 2.45) is 5.41 Å². The fourth-order valence-electron chi connectivity index (χ4n) is 1.95. The SMILES string of the molecule is CCC(C)(C)C(Cc1c(Cl)cccc1Cl)NC. The third-order valence-corrected chi connectivity index (χ3v) is 4.38. The number of hydrogen-bond donors (Lipinski definition) is 1. The number of halogens is 2. The predicted molar refractivity (Wildman–Crippen MR) is 77.1 cm³/mol. The highest BCUT2D eigenvalue weighted by Crippen LogP contribution is 2.32. The highest BCUT2D eigenvalue weighted by atomic mass is 35.5. The van der Waals surface area contributed by atoms with E-state index in [-0.39, 0.29) is 5.41 Å². The van der Waals surface area contributed by atoms with Crippen molar-refractivity contribution in [2.75, 3.05) is 7.05 Å². The van der Waals surface area contributed by atoms with Gasteiger partial charge in [-0.1, -0.05) is 50.0 Å². The molecule has 0 spiro atoms. The fourth-order valence-corrected chi connectivity index (χ4v) is 2.50. The van der Waals surface area contributed by atoms with Crippen LogP contribution in [0.3, 0.4) is 0 Å². The van der Waals surface area contributed by atoms with Gasteiger partial charge < -0.3 is 5.32 Å². The van der Waals surface area contributed by atoms with Crippen LogP contribution in [0.25, 0.3) is 0 Å². The second-order valence-electron chi connectivity index (χ2n) is 5.09. The maximum atomic E-state index is 6.21. The van der Waals surface area contributed by atoms with Crippen molar-refractivity contribution < 1.29 is 0 Å². The van der Waals surface area contributed by atoms with Gasteiger partial charge in [-0.05, 0) is 43.0 Å². The summed E-state index contributed by atoms with van der Waals surface area (Å²) >= 11 is 12.4. The molecule has 3 heteroatoms. The van der Waals surface area contributed by atoms with E-state index >= 15 is 0 Å². The minimum absolute atomic E-state index is 0.219. The van der Waals surface area contributed by atoms with Crippen LogP contribution in [0.2, 0.25) is 10.0 Å². The molecule has 1 aromatic carbocycles. The zero-order valence-corrected chi connectivity index (χ0v) is 12.5. The lowest BCUT2D eigenvalue weighted by Crippen LogP contribution is -2.41. The molecule has 0 amide bonds. The second kappa shape index (κ2) is 6.08. The van der Waals surface area contributed by atoms with E-state index in [0.717, 1.165) is 28.5 Å². The summed E-state index contributed by atoms with van der Waals surface area (Å²) in [5, 5.41) is 4.89. The molecule has 0 fully saturated rings. The number of benzene rings is 1. The van der Waals surface area contributed by atoms with Crippen molar-refractivity contribution >= 4 is 23.2 Å². The van der Waals surface area contributed by atoms with E-state index in [9.17, 15) is 0 Å². The molecular weight excluding hydrogens is 253 g/mol. The van der Waals surface area contributed by atoms with Crippen LogP contribution >= 0.6 is 23.2 Å². The lowest BCUT2D eigenvalue weighted by Gasteiger charge is -2.33. The molecule has 1 rings (SSSR count). The molecule has 0 aliphatic heterocycles. The monoisotopic (exact) mass is 273 g/mol. The van der Waals surface area contributed by atoms with Gasteiger partial charge in [0.1, 0.15) is 0 Å². The molecule has 0 aliphatic carbocycles. The average Bonchev–Trinajstić information content (AvgIpc) is 2.28. The Morgan fingerprint density at radius 1 is 1.24 bits per heavy atom. The van der Waals surface area contributed by atoms with Crippen LogP contribution in [-0.2, 0) is 6.42 Å². The van der Waals surface area contributed by atoms with E-state index in [0.29, 0.717) is 6.04 Å². The van der Waals surface area contributed by atoms with Gasteiger partial charge in [0.15, 0.2) is 0 Å². The van der Waals surface area contributed by atoms with Crippen LogP contribution in [-0.4, -0.2) is 13.1 Å². The van der Waals surface area contributed by atoms with Crippen LogP contribution in [0, 0.1) is 5.41 Å². The summed E-state index contributed by atoms with van der Waals surface area (Å²) < 4.78 is 0. The molecular formula is C14H21Cl2N. The third kappa shape index (κ3) is 3.61. The topological polar surface area (TPSA) is 12.0 Å². The minimum Gasteiger partial charge on any atom is -0.316 e. The summed E-state index contributed by atoms with van der Waals surface area (Å²) in [6.07, 6.45) is 1.97. The zero-order valence-electron chi connectivity index (χ0n) is 11.0. The molecule has 0 aromatic heterocycles. The lowest BCUT2D eigenvalue weighted by molar-refractivity contribution is 0.240. The van der Waals surface area contributed by atoms with Gasteiger partial charge in [0, 0.05) is 16.1 Å². The van der Waals surface area contributed by atoms with Crippen LogP contribution in [0.4, 0.5) is 0 Å². The first-order chi connectivity index (χ1) is 7.92. The molecule has 0 bridgehead atoms. The first-order valence-corrected chi connectivity index (χ1v) is 6.78. The van der Waals surface area contributed by atoms with Crippen molar-refractivity contribution in [3.05, 3.63) is 33.8 Å². The van der Waals surface area contributed by atoms with Crippen molar-refractivity contribution in [2.45, 2.75) is 39.7 Å². The Kier molecular flexibility index (Phi) is 5.30. The van der Waals surface area contributed by atoms with Crippen molar-refractivity contribution in [3.63, 3.8) is 0 Å². The van der Waals surface area contributed by atoms with Gasteiger partial charge in [0.05, 0.1) is 0 Å². The van der Waals surface area contributed by atoms with E-state index in [4.69, 9.17) is 23.2 Å². The van der Waals surface area contributed by atoms with Gasteiger partial charge in [-0.2, -0.15) is 0 Å². The molecule has 0 saturated carbocycles. The molecule has 1 atom stereocenters. The van der Waals surface area contributed by atoms with Gasteiger partial charge >= 0.3 is 0 Å². The number of rotatable bonds is 5. The molecule has 0 radical (unpaired) electrons. The maximum absolute atomic E-state index is 6.21. The zero-order chi connectivity index (χ0) is 13.1. The highest BCUT2D eigenvalue weighted by molar-refractivity contribution is 6.36. The van der Waals surface area contributed by atoms with E-state index < -0.39 is 0 Å². The van der Waals surface area contributed by atoms with Gasteiger partial charge in [0.2, 0.25) is 0 Å². The Morgan fingerprint density at radius 2 is 1.76 bits per heavy atom. The first-order valence-electron chi connectivity index (χ1n) is 6.02. The summed E-state index contributed by atoms with van der Waals surface area (Å²) in [5.41, 5.74) is 1.26.